The van der Waals surface area contributed by atoms with Gasteiger partial charge in [0.25, 0.3) is 5.91 Å². The Bertz CT molecular complexity index is 352. The maximum absolute atomic E-state index is 12.2. The van der Waals surface area contributed by atoms with Crippen LogP contribution in [0.15, 0.2) is 5.18 Å². The second-order valence-electron chi connectivity index (χ2n) is 5.17. The highest BCUT2D eigenvalue weighted by Gasteiger charge is 2.40. The molecule has 7 nitrogen and oxygen atoms in total. The molecule has 20 heavy (non-hydrogen) atoms. The van der Waals surface area contributed by atoms with Crippen molar-refractivity contribution >= 4 is 24.5 Å². The summed E-state index contributed by atoms with van der Waals surface area (Å²) < 4.78 is 0. The Morgan fingerprint density at radius 2 is 2.05 bits per heavy atom. The SMILES string of the molecule is CC(C)C[C@H](NC(=O)C(CS)(CCCN)N=O)C(=O)O. The van der Waals surface area contributed by atoms with Crippen molar-refractivity contribution in [3.05, 3.63) is 4.91 Å². The van der Waals surface area contributed by atoms with Crippen molar-refractivity contribution in [3.63, 3.8) is 0 Å². The van der Waals surface area contributed by atoms with Gasteiger partial charge in [-0.25, -0.2) is 4.79 Å². The number of aliphatic carboxylic acids is 1. The van der Waals surface area contributed by atoms with Crippen molar-refractivity contribution in [1.82, 2.24) is 5.32 Å². The zero-order chi connectivity index (χ0) is 15.8. The molecule has 0 aliphatic carbocycles. The quantitative estimate of drug-likeness (QED) is 0.351. The molecule has 0 aromatic carbocycles. The molecule has 0 aliphatic heterocycles. The molecule has 8 heteroatoms. The van der Waals surface area contributed by atoms with Crippen LogP contribution >= 0.6 is 12.6 Å². The Morgan fingerprint density at radius 3 is 2.40 bits per heavy atom. The predicted molar refractivity (Wildman–Crippen MR) is 79.7 cm³/mol. The Morgan fingerprint density at radius 1 is 1.45 bits per heavy atom. The molecule has 0 heterocycles. The molecule has 1 unspecified atom stereocenters. The van der Waals surface area contributed by atoms with Crippen molar-refractivity contribution in [1.29, 1.82) is 0 Å². The second kappa shape index (κ2) is 8.91. The number of hydrogen-bond donors (Lipinski definition) is 4. The lowest BCUT2D eigenvalue weighted by Gasteiger charge is -2.26. The number of rotatable bonds is 10. The number of carboxylic acids is 1. The average molecular weight is 305 g/mol. The van der Waals surface area contributed by atoms with Crippen molar-refractivity contribution in [2.45, 2.75) is 44.7 Å². The van der Waals surface area contributed by atoms with Crippen LogP contribution < -0.4 is 11.1 Å². The molecule has 0 rings (SSSR count). The first-order valence-electron chi connectivity index (χ1n) is 6.52. The average Bonchev–Trinajstić information content (AvgIpc) is 2.39. The monoisotopic (exact) mass is 305 g/mol. The van der Waals surface area contributed by atoms with Gasteiger partial charge < -0.3 is 16.2 Å². The summed E-state index contributed by atoms with van der Waals surface area (Å²) in [5.41, 5.74) is 3.80. The minimum absolute atomic E-state index is 0.0870. The Kier molecular flexibility index (Phi) is 8.40. The van der Waals surface area contributed by atoms with Crippen LogP contribution in [0.5, 0.6) is 0 Å². The lowest BCUT2D eigenvalue weighted by molar-refractivity contribution is -0.143. The number of carbonyl (C=O) groups excluding carboxylic acids is 1. The molecule has 0 bridgehead atoms. The maximum atomic E-state index is 12.2. The van der Waals surface area contributed by atoms with Crippen LogP contribution in [0.4, 0.5) is 0 Å². The Labute approximate surface area is 124 Å². The highest BCUT2D eigenvalue weighted by Crippen LogP contribution is 2.21. The van der Waals surface area contributed by atoms with Gasteiger partial charge in [-0.2, -0.15) is 12.6 Å². The highest BCUT2D eigenvalue weighted by molar-refractivity contribution is 7.80. The van der Waals surface area contributed by atoms with Gasteiger partial charge in [0.2, 0.25) is 0 Å². The molecular formula is C12H23N3O4S. The van der Waals surface area contributed by atoms with Crippen molar-refractivity contribution in [2.24, 2.45) is 16.8 Å². The summed E-state index contributed by atoms with van der Waals surface area (Å²) in [7, 11) is 0. The first-order chi connectivity index (χ1) is 9.32. The third-order valence-corrected chi connectivity index (χ3v) is 3.49. The van der Waals surface area contributed by atoms with E-state index in [2.05, 4.69) is 23.1 Å². The van der Waals surface area contributed by atoms with Gasteiger partial charge in [-0.3, -0.25) is 4.79 Å². The fourth-order valence-corrected chi connectivity index (χ4v) is 2.12. The lowest BCUT2D eigenvalue weighted by atomic mass is 9.94. The summed E-state index contributed by atoms with van der Waals surface area (Å²) in [4.78, 5) is 34.3. The van der Waals surface area contributed by atoms with E-state index in [1.807, 2.05) is 13.8 Å². The molecule has 2 atom stereocenters. The van der Waals surface area contributed by atoms with E-state index >= 15 is 0 Å². The molecule has 0 spiro atoms. The third-order valence-electron chi connectivity index (χ3n) is 2.96. The molecule has 0 aromatic heterocycles. The van der Waals surface area contributed by atoms with Gasteiger partial charge in [-0.05, 0) is 31.7 Å². The molecule has 0 saturated carbocycles. The van der Waals surface area contributed by atoms with Crippen LogP contribution in [0.2, 0.25) is 0 Å². The van der Waals surface area contributed by atoms with E-state index in [0.717, 1.165) is 0 Å². The van der Waals surface area contributed by atoms with Crippen LogP contribution in [-0.4, -0.2) is 40.9 Å². The minimum atomic E-state index is -1.56. The number of hydrogen-bond acceptors (Lipinski definition) is 6. The molecule has 0 saturated heterocycles. The topological polar surface area (TPSA) is 122 Å². The number of nitrogens with zero attached hydrogens (tertiary/aromatic N) is 1. The largest absolute Gasteiger partial charge is 0.480 e. The van der Waals surface area contributed by atoms with Crippen LogP contribution in [-0.2, 0) is 9.59 Å². The number of carboxylic acid groups (broad SMARTS) is 1. The first-order valence-corrected chi connectivity index (χ1v) is 7.15. The van der Waals surface area contributed by atoms with Crippen molar-refractivity contribution in [3.8, 4) is 0 Å². The van der Waals surface area contributed by atoms with E-state index in [9.17, 15) is 14.5 Å². The number of nitroso groups, excluding NO2 is 1. The summed E-state index contributed by atoms with van der Waals surface area (Å²) in [6, 6.07) is -1.04. The van der Waals surface area contributed by atoms with Gasteiger partial charge in [0.1, 0.15) is 6.04 Å². The van der Waals surface area contributed by atoms with E-state index in [0.29, 0.717) is 13.0 Å². The standard InChI is InChI=1S/C12H23N3O4S/c1-8(2)6-9(10(16)17)14-11(18)12(7-20,15-19)4-3-5-13/h8-9,20H,3-7,13H2,1-2H3,(H,14,18)(H,16,17)/t9-,12?/m0/s1. The normalized spacial score (nSPS) is 15.4. The minimum Gasteiger partial charge on any atom is -0.480 e. The smallest absolute Gasteiger partial charge is 0.326 e. The van der Waals surface area contributed by atoms with Crippen LogP contribution in [0.25, 0.3) is 0 Å². The van der Waals surface area contributed by atoms with Crippen LogP contribution in [0, 0.1) is 10.8 Å². The molecule has 0 aromatic rings. The van der Waals surface area contributed by atoms with Gasteiger partial charge in [0.15, 0.2) is 5.54 Å². The van der Waals surface area contributed by atoms with Crippen molar-refractivity contribution in [2.75, 3.05) is 12.3 Å². The molecule has 1 amide bonds. The summed E-state index contributed by atoms with van der Waals surface area (Å²) in [6.45, 7) is 4.01. The number of thiol groups is 1. The molecule has 116 valence electrons. The van der Waals surface area contributed by atoms with Gasteiger partial charge in [0, 0.05) is 5.75 Å². The second-order valence-corrected chi connectivity index (χ2v) is 5.48. The van der Waals surface area contributed by atoms with E-state index in [1.165, 1.54) is 0 Å². The Hall–Kier alpha value is -1.15. The molecule has 0 fully saturated rings. The number of nitrogens with one attached hydrogen (secondary N) is 1. The first kappa shape index (κ1) is 18.9. The van der Waals surface area contributed by atoms with Gasteiger partial charge >= 0.3 is 5.97 Å². The lowest BCUT2D eigenvalue weighted by Crippen LogP contribution is -2.52. The molecular weight excluding hydrogens is 282 g/mol. The van der Waals surface area contributed by atoms with E-state index < -0.39 is 23.5 Å². The maximum Gasteiger partial charge on any atom is 0.326 e. The number of amides is 1. The number of carbonyl (C=O) groups is 2. The fraction of sp³-hybridized carbons (Fsp3) is 0.833. The van der Waals surface area contributed by atoms with E-state index in [-0.39, 0.29) is 24.5 Å². The van der Waals surface area contributed by atoms with Crippen LogP contribution in [0.3, 0.4) is 0 Å². The summed E-state index contributed by atoms with van der Waals surface area (Å²) in [5.74, 6) is -1.83. The van der Waals surface area contributed by atoms with Gasteiger partial charge in [0.05, 0.1) is 0 Å². The fourth-order valence-electron chi connectivity index (χ4n) is 1.76. The van der Waals surface area contributed by atoms with E-state index in [1.54, 1.807) is 0 Å². The summed E-state index contributed by atoms with van der Waals surface area (Å²) in [5, 5.41) is 14.4. The highest BCUT2D eigenvalue weighted by atomic mass is 32.1. The van der Waals surface area contributed by atoms with Crippen molar-refractivity contribution < 1.29 is 14.7 Å². The molecule has 0 aliphatic rings. The summed E-state index contributed by atoms with van der Waals surface area (Å²) in [6.07, 6.45) is 0.859. The predicted octanol–water partition coefficient (Wildman–Crippen LogP) is 0.776. The van der Waals surface area contributed by atoms with Gasteiger partial charge in [-0.15, -0.1) is 4.91 Å². The van der Waals surface area contributed by atoms with E-state index in [4.69, 9.17) is 10.8 Å². The molecule has 0 radical (unpaired) electrons. The third kappa shape index (κ3) is 5.46. The zero-order valence-corrected chi connectivity index (χ0v) is 12.7. The summed E-state index contributed by atoms with van der Waals surface area (Å²) >= 11 is 3.99. The zero-order valence-electron chi connectivity index (χ0n) is 11.8. The Balaban J connectivity index is 4.96. The molecule has 4 N–H and O–H groups in total. The number of nitrogens with two attached hydrogens (primary N) is 1. The van der Waals surface area contributed by atoms with Gasteiger partial charge in [-0.1, -0.05) is 19.0 Å². The van der Waals surface area contributed by atoms with Crippen LogP contribution in [0.1, 0.15) is 33.1 Å².